The van der Waals surface area contributed by atoms with Gasteiger partial charge in [-0.2, -0.15) is 0 Å². The molecule has 130 valence electrons. The van der Waals surface area contributed by atoms with Gasteiger partial charge in [0.2, 0.25) is 10.0 Å². The molecular formula is C16H21N3O3S2. The number of hydrogen-bond donors (Lipinski definition) is 2. The van der Waals surface area contributed by atoms with E-state index in [0.717, 1.165) is 27.8 Å². The van der Waals surface area contributed by atoms with Crippen LogP contribution in [0.1, 0.15) is 22.2 Å². The fourth-order valence-corrected chi connectivity index (χ4v) is 4.27. The van der Waals surface area contributed by atoms with Gasteiger partial charge < -0.3 is 10.6 Å². The number of rotatable bonds is 7. The Morgan fingerprint density at radius 3 is 2.67 bits per heavy atom. The predicted octanol–water partition coefficient (Wildman–Crippen LogP) is 2.36. The van der Waals surface area contributed by atoms with Gasteiger partial charge in [0.1, 0.15) is 9.77 Å². The first kappa shape index (κ1) is 18.6. The zero-order valence-electron chi connectivity index (χ0n) is 13.9. The Bertz CT molecular complexity index is 813. The van der Waals surface area contributed by atoms with Gasteiger partial charge in [0.15, 0.2) is 0 Å². The fraction of sp³-hybridized carbons (Fsp3) is 0.312. The first-order valence-electron chi connectivity index (χ1n) is 7.47. The Hall–Kier alpha value is -1.74. The molecule has 2 aromatic rings. The molecule has 1 amide bonds. The first-order valence-corrected chi connectivity index (χ1v) is 9.79. The Morgan fingerprint density at radius 1 is 1.25 bits per heavy atom. The summed E-state index contributed by atoms with van der Waals surface area (Å²) in [5.74, 6) is -0.425. The monoisotopic (exact) mass is 367 g/mol. The molecule has 8 heteroatoms. The van der Waals surface area contributed by atoms with Crippen molar-refractivity contribution in [3.05, 3.63) is 46.2 Å². The minimum Gasteiger partial charge on any atom is -0.321 e. The number of carbonyl (C=O) groups excluding carboxylic acids is 1. The molecule has 0 unspecified atom stereocenters. The van der Waals surface area contributed by atoms with Crippen LogP contribution in [0.2, 0.25) is 0 Å². The highest BCUT2D eigenvalue weighted by Crippen LogP contribution is 2.25. The van der Waals surface area contributed by atoms with Gasteiger partial charge in [-0.3, -0.25) is 4.79 Å². The van der Waals surface area contributed by atoms with E-state index < -0.39 is 15.9 Å². The summed E-state index contributed by atoms with van der Waals surface area (Å²) in [4.78, 5) is 12.7. The molecule has 0 atom stereocenters. The molecule has 6 nitrogen and oxygen atoms in total. The zero-order valence-corrected chi connectivity index (χ0v) is 15.5. The highest BCUT2D eigenvalue weighted by atomic mass is 32.2. The van der Waals surface area contributed by atoms with E-state index in [2.05, 4.69) is 10.6 Å². The molecule has 24 heavy (non-hydrogen) atoms. The van der Waals surface area contributed by atoms with E-state index in [1.807, 2.05) is 25.1 Å². The van der Waals surface area contributed by atoms with Gasteiger partial charge in [-0.1, -0.05) is 19.1 Å². The molecule has 0 radical (unpaired) electrons. The van der Waals surface area contributed by atoms with Crippen LogP contribution >= 0.6 is 11.3 Å². The molecule has 1 aromatic carbocycles. The second kappa shape index (κ2) is 7.89. The lowest BCUT2D eigenvalue weighted by molar-refractivity contribution is 0.102. The van der Waals surface area contributed by atoms with Crippen LogP contribution in [-0.4, -0.2) is 39.3 Å². The lowest BCUT2D eigenvalue weighted by Crippen LogP contribution is -2.24. The average molecular weight is 367 g/mol. The smallest absolute Gasteiger partial charge is 0.267 e. The average Bonchev–Trinajstić information content (AvgIpc) is 3.03. The molecule has 0 fully saturated rings. The number of benzene rings is 1. The van der Waals surface area contributed by atoms with E-state index in [-0.39, 0.29) is 9.77 Å². The molecule has 1 aromatic heterocycles. The third kappa shape index (κ3) is 4.21. The van der Waals surface area contributed by atoms with Gasteiger partial charge in [-0.25, -0.2) is 12.7 Å². The van der Waals surface area contributed by atoms with Crippen LogP contribution in [0, 0.1) is 0 Å². The molecule has 0 bridgehead atoms. The Labute approximate surface area is 146 Å². The topological polar surface area (TPSA) is 78.5 Å². The zero-order chi connectivity index (χ0) is 17.7. The van der Waals surface area contributed by atoms with Crippen molar-refractivity contribution in [2.45, 2.75) is 18.4 Å². The second-order valence-electron chi connectivity index (χ2n) is 5.34. The molecule has 0 saturated heterocycles. The third-order valence-electron chi connectivity index (χ3n) is 3.36. The number of hydrogen-bond acceptors (Lipinski definition) is 5. The van der Waals surface area contributed by atoms with E-state index in [1.54, 1.807) is 11.4 Å². The van der Waals surface area contributed by atoms with Crippen molar-refractivity contribution in [1.29, 1.82) is 0 Å². The number of anilines is 1. The lowest BCUT2D eigenvalue weighted by atomic mass is 10.2. The van der Waals surface area contributed by atoms with Crippen molar-refractivity contribution in [3.63, 3.8) is 0 Å². The molecule has 1 heterocycles. The summed E-state index contributed by atoms with van der Waals surface area (Å²) < 4.78 is 25.7. The highest BCUT2D eigenvalue weighted by molar-refractivity contribution is 7.89. The van der Waals surface area contributed by atoms with Gasteiger partial charge in [0.25, 0.3) is 5.91 Å². The van der Waals surface area contributed by atoms with Crippen LogP contribution in [0.25, 0.3) is 0 Å². The predicted molar refractivity (Wildman–Crippen MR) is 97.0 cm³/mol. The summed E-state index contributed by atoms with van der Waals surface area (Å²) >= 11 is 1.11. The quantitative estimate of drug-likeness (QED) is 0.787. The second-order valence-corrected chi connectivity index (χ2v) is 8.37. The molecule has 2 N–H and O–H groups in total. The van der Waals surface area contributed by atoms with Gasteiger partial charge in [-0.15, -0.1) is 11.3 Å². The van der Waals surface area contributed by atoms with Crippen LogP contribution in [-0.2, 0) is 16.6 Å². The van der Waals surface area contributed by atoms with Crippen molar-refractivity contribution in [2.24, 2.45) is 0 Å². The molecule has 0 saturated carbocycles. The fourth-order valence-electron chi connectivity index (χ4n) is 2.08. The number of carbonyl (C=O) groups is 1. The van der Waals surface area contributed by atoms with E-state index >= 15 is 0 Å². The van der Waals surface area contributed by atoms with Gasteiger partial charge in [0, 0.05) is 26.3 Å². The van der Waals surface area contributed by atoms with Crippen molar-refractivity contribution in [3.8, 4) is 0 Å². The Balaban J connectivity index is 2.22. The first-order chi connectivity index (χ1) is 11.4. The minimum absolute atomic E-state index is 0.0267. The molecule has 0 spiro atoms. The summed E-state index contributed by atoms with van der Waals surface area (Å²) in [6.07, 6.45) is 0. The van der Waals surface area contributed by atoms with Crippen LogP contribution in [0.5, 0.6) is 0 Å². The number of nitrogens with one attached hydrogen (secondary N) is 2. The molecule has 0 aliphatic carbocycles. The van der Waals surface area contributed by atoms with Gasteiger partial charge in [0.05, 0.1) is 0 Å². The molecular weight excluding hydrogens is 346 g/mol. The number of sulfonamides is 1. The van der Waals surface area contributed by atoms with E-state index in [9.17, 15) is 13.2 Å². The summed E-state index contributed by atoms with van der Waals surface area (Å²) in [7, 11) is -0.762. The van der Waals surface area contributed by atoms with Crippen LogP contribution in [0.3, 0.4) is 0 Å². The molecule has 2 rings (SSSR count). The summed E-state index contributed by atoms with van der Waals surface area (Å²) in [5.41, 5.74) is 1.68. The normalized spacial score (nSPS) is 11.7. The number of nitrogens with zero attached hydrogens (tertiary/aromatic N) is 1. The van der Waals surface area contributed by atoms with E-state index in [0.29, 0.717) is 12.2 Å². The maximum Gasteiger partial charge on any atom is 0.267 e. The van der Waals surface area contributed by atoms with Gasteiger partial charge in [-0.05, 0) is 35.7 Å². The van der Waals surface area contributed by atoms with Crippen molar-refractivity contribution in [2.75, 3.05) is 26.0 Å². The molecule has 0 aliphatic heterocycles. The van der Waals surface area contributed by atoms with E-state index in [4.69, 9.17) is 0 Å². The lowest BCUT2D eigenvalue weighted by Gasteiger charge is -2.12. The maximum atomic E-state index is 12.5. The summed E-state index contributed by atoms with van der Waals surface area (Å²) in [6.45, 7) is 3.59. The van der Waals surface area contributed by atoms with Crippen LogP contribution in [0.4, 0.5) is 5.69 Å². The summed E-state index contributed by atoms with van der Waals surface area (Å²) in [5, 5.41) is 7.60. The standard InChI is InChI=1S/C16H21N3O3S2/c1-4-17-11-12-6-5-7-13(10-12)18-16(20)15-14(8-9-23-15)24(21,22)19(2)3/h5-10,17H,4,11H2,1-3H3,(H,18,20). The number of amides is 1. The van der Waals surface area contributed by atoms with Crippen molar-refractivity contribution < 1.29 is 13.2 Å². The van der Waals surface area contributed by atoms with Crippen molar-refractivity contribution in [1.82, 2.24) is 9.62 Å². The Kier molecular flexibility index (Phi) is 6.11. The van der Waals surface area contributed by atoms with E-state index in [1.165, 1.54) is 20.2 Å². The third-order valence-corrected chi connectivity index (χ3v) is 6.26. The van der Waals surface area contributed by atoms with Crippen LogP contribution in [0.15, 0.2) is 40.6 Å². The maximum absolute atomic E-state index is 12.5. The highest BCUT2D eigenvalue weighted by Gasteiger charge is 2.26. The Morgan fingerprint density at radius 2 is 2.00 bits per heavy atom. The van der Waals surface area contributed by atoms with Gasteiger partial charge >= 0.3 is 0 Å². The largest absolute Gasteiger partial charge is 0.321 e. The minimum atomic E-state index is -3.65. The number of thiophene rings is 1. The summed E-state index contributed by atoms with van der Waals surface area (Å²) in [6, 6.07) is 8.92. The van der Waals surface area contributed by atoms with Crippen molar-refractivity contribution >= 4 is 33.0 Å². The molecule has 0 aliphatic rings. The van der Waals surface area contributed by atoms with Crippen LogP contribution < -0.4 is 10.6 Å². The SMILES string of the molecule is CCNCc1cccc(NC(=O)c2sccc2S(=O)(=O)N(C)C)c1.